The fourth-order valence-electron chi connectivity index (χ4n) is 2.38. The van der Waals surface area contributed by atoms with Gasteiger partial charge >= 0.3 is 0 Å². The molecule has 1 amide bonds. The van der Waals surface area contributed by atoms with Gasteiger partial charge in [0, 0.05) is 5.69 Å². The van der Waals surface area contributed by atoms with E-state index in [4.69, 9.17) is 0 Å². The Labute approximate surface area is 112 Å². The van der Waals surface area contributed by atoms with Gasteiger partial charge < -0.3 is 10.2 Å². The second-order valence-corrected chi connectivity index (χ2v) is 4.67. The van der Waals surface area contributed by atoms with E-state index in [9.17, 15) is 4.79 Å². The number of anilines is 3. The Hall–Kier alpha value is -2.29. The molecule has 0 aliphatic carbocycles. The molecule has 0 unspecified atom stereocenters. The van der Waals surface area contributed by atoms with E-state index in [-0.39, 0.29) is 5.91 Å². The number of nitrogens with zero attached hydrogens (tertiary/aromatic N) is 1. The number of aryl methyl sites for hydroxylation is 1. The zero-order chi connectivity index (χ0) is 13.2. The highest BCUT2D eigenvalue weighted by Gasteiger charge is 2.22. The van der Waals surface area contributed by atoms with Crippen molar-refractivity contribution in [1.29, 1.82) is 0 Å². The highest BCUT2D eigenvalue weighted by Crippen LogP contribution is 2.34. The lowest BCUT2D eigenvalue weighted by Gasteiger charge is -2.31. The van der Waals surface area contributed by atoms with E-state index in [2.05, 4.69) is 36.5 Å². The summed E-state index contributed by atoms with van der Waals surface area (Å²) in [7, 11) is 0. The lowest BCUT2D eigenvalue weighted by Crippen LogP contribution is -2.34. The second-order valence-electron chi connectivity index (χ2n) is 4.67. The summed E-state index contributed by atoms with van der Waals surface area (Å²) in [4.78, 5) is 13.8. The van der Waals surface area contributed by atoms with Crippen LogP contribution in [0.15, 0.2) is 48.5 Å². The van der Waals surface area contributed by atoms with Crippen molar-refractivity contribution in [2.45, 2.75) is 13.3 Å². The third kappa shape index (κ3) is 2.19. The first-order valence-electron chi connectivity index (χ1n) is 6.53. The predicted octanol–water partition coefficient (Wildman–Crippen LogP) is 3.34. The first-order chi connectivity index (χ1) is 9.28. The fourth-order valence-corrected chi connectivity index (χ4v) is 2.38. The topological polar surface area (TPSA) is 32.3 Å². The molecule has 2 aromatic carbocycles. The average molecular weight is 252 g/mol. The van der Waals surface area contributed by atoms with Crippen molar-refractivity contribution in [2.24, 2.45) is 0 Å². The van der Waals surface area contributed by atoms with Crippen LogP contribution in [-0.2, 0) is 11.2 Å². The van der Waals surface area contributed by atoms with E-state index in [1.165, 1.54) is 5.56 Å². The number of carbonyl (C=O) groups is 1. The number of rotatable bonds is 2. The molecule has 3 nitrogen and oxygen atoms in total. The number of para-hydroxylation sites is 2. The molecular weight excluding hydrogens is 236 g/mol. The molecule has 0 bridgehead atoms. The van der Waals surface area contributed by atoms with E-state index in [0.717, 1.165) is 23.5 Å². The summed E-state index contributed by atoms with van der Waals surface area (Å²) in [5, 5.41) is 2.90. The predicted molar refractivity (Wildman–Crippen MR) is 77.9 cm³/mol. The van der Waals surface area contributed by atoms with Gasteiger partial charge in [-0.2, -0.15) is 0 Å². The van der Waals surface area contributed by atoms with Crippen molar-refractivity contribution in [1.82, 2.24) is 0 Å². The van der Waals surface area contributed by atoms with Crippen LogP contribution in [0.1, 0.15) is 12.5 Å². The van der Waals surface area contributed by atoms with Gasteiger partial charge in [0.25, 0.3) is 0 Å². The van der Waals surface area contributed by atoms with Gasteiger partial charge in [-0.15, -0.1) is 0 Å². The van der Waals surface area contributed by atoms with Crippen molar-refractivity contribution in [3.8, 4) is 0 Å². The van der Waals surface area contributed by atoms with Crippen molar-refractivity contribution in [3.63, 3.8) is 0 Å². The van der Waals surface area contributed by atoms with Crippen LogP contribution in [0, 0.1) is 0 Å². The third-order valence-corrected chi connectivity index (χ3v) is 3.43. The van der Waals surface area contributed by atoms with E-state index in [1.807, 2.05) is 29.2 Å². The van der Waals surface area contributed by atoms with Crippen LogP contribution in [0.25, 0.3) is 0 Å². The molecule has 0 radical (unpaired) electrons. The molecule has 0 saturated heterocycles. The average Bonchev–Trinajstić information content (AvgIpc) is 2.46. The summed E-state index contributed by atoms with van der Waals surface area (Å²) in [5.41, 5.74) is 4.28. The molecule has 1 heterocycles. The van der Waals surface area contributed by atoms with E-state index in [1.54, 1.807) is 0 Å². The largest absolute Gasteiger partial charge is 0.330 e. The highest BCUT2D eigenvalue weighted by molar-refractivity contribution is 6.03. The molecule has 0 saturated carbocycles. The molecule has 0 spiro atoms. The van der Waals surface area contributed by atoms with Crippen LogP contribution < -0.4 is 10.2 Å². The van der Waals surface area contributed by atoms with Crippen molar-refractivity contribution >= 4 is 23.0 Å². The van der Waals surface area contributed by atoms with Gasteiger partial charge in [0.05, 0.1) is 11.4 Å². The fraction of sp³-hybridized carbons (Fsp3) is 0.188. The van der Waals surface area contributed by atoms with E-state index >= 15 is 0 Å². The number of fused-ring (bicyclic) bond motifs is 1. The molecule has 96 valence electrons. The normalized spacial score (nSPS) is 13.9. The second kappa shape index (κ2) is 4.76. The van der Waals surface area contributed by atoms with Gasteiger partial charge in [0.2, 0.25) is 5.91 Å². The minimum Gasteiger partial charge on any atom is -0.330 e. The summed E-state index contributed by atoms with van der Waals surface area (Å²) in [6, 6.07) is 16.3. The van der Waals surface area contributed by atoms with Crippen LogP contribution in [-0.4, -0.2) is 12.5 Å². The Morgan fingerprint density at radius 3 is 2.58 bits per heavy atom. The summed E-state index contributed by atoms with van der Waals surface area (Å²) < 4.78 is 0. The summed E-state index contributed by atoms with van der Waals surface area (Å²) in [5.74, 6) is 0.0262. The standard InChI is InChI=1S/C16H16N2O/c1-2-12-7-9-13(10-8-12)18-11-16(19)17-14-5-3-4-6-15(14)18/h3-10H,2,11H2,1H3,(H,17,19). The Morgan fingerprint density at radius 1 is 1.11 bits per heavy atom. The summed E-state index contributed by atoms with van der Waals surface area (Å²) >= 11 is 0. The number of benzene rings is 2. The zero-order valence-electron chi connectivity index (χ0n) is 10.9. The molecule has 0 fully saturated rings. The first-order valence-corrected chi connectivity index (χ1v) is 6.53. The molecule has 1 aliphatic rings. The van der Waals surface area contributed by atoms with Gasteiger partial charge in [0.15, 0.2) is 0 Å². The maximum Gasteiger partial charge on any atom is 0.244 e. The molecule has 1 aliphatic heterocycles. The van der Waals surface area contributed by atoms with Crippen molar-refractivity contribution in [2.75, 3.05) is 16.8 Å². The number of amides is 1. The molecular formula is C16H16N2O. The molecule has 1 N–H and O–H groups in total. The number of hydrogen-bond acceptors (Lipinski definition) is 2. The SMILES string of the molecule is CCc1ccc(N2CC(=O)Nc3ccccc32)cc1. The Bertz CT molecular complexity index is 604. The molecule has 0 atom stereocenters. The van der Waals surface area contributed by atoms with Gasteiger partial charge in [-0.3, -0.25) is 4.79 Å². The van der Waals surface area contributed by atoms with Gasteiger partial charge in [-0.05, 0) is 36.2 Å². The molecule has 19 heavy (non-hydrogen) atoms. The van der Waals surface area contributed by atoms with Crippen molar-refractivity contribution in [3.05, 3.63) is 54.1 Å². The molecule has 3 heteroatoms. The van der Waals surface area contributed by atoms with Gasteiger partial charge in [-0.25, -0.2) is 0 Å². The van der Waals surface area contributed by atoms with Crippen LogP contribution in [0.4, 0.5) is 17.1 Å². The molecule has 0 aromatic heterocycles. The minimum atomic E-state index is 0.0262. The quantitative estimate of drug-likeness (QED) is 0.889. The monoisotopic (exact) mass is 252 g/mol. The van der Waals surface area contributed by atoms with Gasteiger partial charge in [-0.1, -0.05) is 31.2 Å². The lowest BCUT2D eigenvalue weighted by atomic mass is 10.1. The van der Waals surface area contributed by atoms with Crippen LogP contribution in [0.5, 0.6) is 0 Å². The smallest absolute Gasteiger partial charge is 0.244 e. The number of hydrogen-bond donors (Lipinski definition) is 1. The summed E-state index contributed by atoms with van der Waals surface area (Å²) in [6.07, 6.45) is 1.03. The van der Waals surface area contributed by atoms with Crippen LogP contribution in [0.3, 0.4) is 0 Å². The highest BCUT2D eigenvalue weighted by atomic mass is 16.2. The van der Waals surface area contributed by atoms with Gasteiger partial charge in [0.1, 0.15) is 6.54 Å². The van der Waals surface area contributed by atoms with Crippen molar-refractivity contribution < 1.29 is 4.79 Å². The zero-order valence-corrected chi connectivity index (χ0v) is 10.9. The van der Waals surface area contributed by atoms with E-state index < -0.39 is 0 Å². The first kappa shape index (κ1) is 11.8. The Balaban J connectivity index is 2.02. The van der Waals surface area contributed by atoms with Crippen LogP contribution >= 0.6 is 0 Å². The molecule has 2 aromatic rings. The lowest BCUT2D eigenvalue weighted by molar-refractivity contribution is -0.115. The number of carbonyl (C=O) groups excluding carboxylic acids is 1. The minimum absolute atomic E-state index is 0.0262. The summed E-state index contributed by atoms with van der Waals surface area (Å²) in [6.45, 7) is 2.50. The molecule has 3 rings (SSSR count). The third-order valence-electron chi connectivity index (χ3n) is 3.43. The Morgan fingerprint density at radius 2 is 1.84 bits per heavy atom. The van der Waals surface area contributed by atoms with E-state index in [0.29, 0.717) is 6.54 Å². The maximum atomic E-state index is 11.8. The van der Waals surface area contributed by atoms with Crippen LogP contribution in [0.2, 0.25) is 0 Å². The maximum absolute atomic E-state index is 11.8. The number of nitrogens with one attached hydrogen (secondary N) is 1. The Kier molecular flexibility index (Phi) is 2.95.